The highest BCUT2D eigenvalue weighted by Gasteiger charge is 2.27. The van der Waals surface area contributed by atoms with Crippen molar-refractivity contribution in [2.45, 2.75) is 39.2 Å². The molecule has 0 bridgehead atoms. The number of carbonyl (C=O) groups excluding carboxylic acids is 2. The summed E-state index contributed by atoms with van der Waals surface area (Å²) in [5.74, 6) is -0.624. The number of thiophene rings is 1. The van der Waals surface area contributed by atoms with Gasteiger partial charge in [0.05, 0.1) is 18.4 Å². The molecule has 1 N–H and O–H groups in total. The van der Waals surface area contributed by atoms with Gasteiger partial charge in [0.25, 0.3) is 5.91 Å². The first-order valence-electron chi connectivity index (χ1n) is 11.7. The number of anilines is 1. The van der Waals surface area contributed by atoms with Crippen LogP contribution in [0.1, 0.15) is 56.5 Å². The largest absolute Gasteiger partial charge is 0.462 e. The van der Waals surface area contributed by atoms with Crippen molar-refractivity contribution in [1.82, 2.24) is 9.21 Å². The molecule has 1 aliphatic heterocycles. The Labute approximate surface area is 204 Å². The van der Waals surface area contributed by atoms with Crippen molar-refractivity contribution < 1.29 is 22.7 Å². The molecule has 8 nitrogen and oxygen atoms in total. The molecule has 0 radical (unpaired) electrons. The van der Waals surface area contributed by atoms with Crippen LogP contribution in [0.4, 0.5) is 5.00 Å². The summed E-state index contributed by atoms with van der Waals surface area (Å²) in [6.07, 6.45) is 5.13. The lowest BCUT2D eigenvalue weighted by atomic mass is 9.95. The second-order valence-electron chi connectivity index (χ2n) is 8.72. The van der Waals surface area contributed by atoms with Crippen molar-refractivity contribution >= 4 is 38.2 Å². The molecule has 4 rings (SSSR count). The summed E-state index contributed by atoms with van der Waals surface area (Å²) in [5.41, 5.74) is 3.12. The van der Waals surface area contributed by atoms with Crippen LogP contribution in [0.3, 0.4) is 0 Å². The highest BCUT2D eigenvalue weighted by atomic mass is 32.2. The number of carbonyl (C=O) groups is 2. The van der Waals surface area contributed by atoms with Crippen LogP contribution in [0.25, 0.3) is 0 Å². The Kier molecular flexibility index (Phi) is 7.71. The molecule has 10 heteroatoms. The average molecular weight is 506 g/mol. The van der Waals surface area contributed by atoms with E-state index in [2.05, 4.69) is 10.2 Å². The van der Waals surface area contributed by atoms with E-state index in [1.54, 1.807) is 19.1 Å². The molecule has 1 aromatic carbocycles. The van der Waals surface area contributed by atoms with Crippen LogP contribution in [0.5, 0.6) is 0 Å². The maximum absolute atomic E-state index is 13.0. The molecule has 1 saturated heterocycles. The van der Waals surface area contributed by atoms with Gasteiger partial charge < -0.3 is 10.1 Å². The third-order valence-electron chi connectivity index (χ3n) is 6.30. The molecule has 0 atom stereocenters. The predicted octanol–water partition coefficient (Wildman–Crippen LogP) is 3.13. The monoisotopic (exact) mass is 505 g/mol. The summed E-state index contributed by atoms with van der Waals surface area (Å²) in [6, 6.07) is 7.41. The molecular weight excluding hydrogens is 474 g/mol. The van der Waals surface area contributed by atoms with Gasteiger partial charge in [0.2, 0.25) is 10.0 Å². The first kappa shape index (κ1) is 24.8. The van der Waals surface area contributed by atoms with Crippen LogP contribution >= 0.6 is 11.3 Å². The lowest BCUT2D eigenvalue weighted by Crippen LogP contribution is -2.47. The van der Waals surface area contributed by atoms with E-state index in [4.69, 9.17) is 4.74 Å². The van der Waals surface area contributed by atoms with Crippen molar-refractivity contribution in [3.05, 3.63) is 51.4 Å². The SMILES string of the molecule is CCOC(=O)c1c(NC(=O)c2ccc(CN3CCN(S(C)(=O)=O)CC3)cc2)sc2c1CCCC2. The first-order valence-corrected chi connectivity index (χ1v) is 14.3. The number of rotatable bonds is 7. The number of fused-ring (bicyclic) bond motifs is 1. The number of piperazine rings is 1. The Balaban J connectivity index is 1.41. The Morgan fingerprint density at radius 3 is 2.38 bits per heavy atom. The number of sulfonamides is 1. The van der Waals surface area contributed by atoms with Crippen molar-refractivity contribution in [2.75, 3.05) is 44.4 Å². The number of benzene rings is 1. The molecule has 0 saturated carbocycles. The zero-order chi connectivity index (χ0) is 24.3. The second kappa shape index (κ2) is 10.6. The van der Waals surface area contributed by atoms with Crippen molar-refractivity contribution in [3.8, 4) is 0 Å². The highest BCUT2D eigenvalue weighted by molar-refractivity contribution is 7.88. The second-order valence-corrected chi connectivity index (χ2v) is 11.8. The van der Waals surface area contributed by atoms with Crippen LogP contribution in [0.2, 0.25) is 0 Å². The minimum atomic E-state index is -3.14. The van der Waals surface area contributed by atoms with Crippen LogP contribution in [-0.4, -0.2) is 68.5 Å². The van der Waals surface area contributed by atoms with Gasteiger partial charge in [0, 0.05) is 43.2 Å². The van der Waals surface area contributed by atoms with Crippen LogP contribution in [-0.2, 0) is 34.1 Å². The molecular formula is C24H31N3O5S2. The fourth-order valence-corrected chi connectivity index (χ4v) is 6.59. The molecule has 2 aromatic rings. The number of esters is 1. The minimum Gasteiger partial charge on any atom is -0.462 e. The molecule has 1 amide bonds. The van der Waals surface area contributed by atoms with Crippen molar-refractivity contribution in [3.63, 3.8) is 0 Å². The van der Waals surface area contributed by atoms with Gasteiger partial charge in [-0.2, -0.15) is 4.31 Å². The number of hydrogen-bond acceptors (Lipinski definition) is 7. The number of nitrogens with zero attached hydrogens (tertiary/aromatic N) is 2. The van der Waals surface area contributed by atoms with E-state index < -0.39 is 10.0 Å². The zero-order valence-corrected chi connectivity index (χ0v) is 21.3. The van der Waals surface area contributed by atoms with Gasteiger partial charge >= 0.3 is 5.97 Å². The minimum absolute atomic E-state index is 0.252. The lowest BCUT2D eigenvalue weighted by Gasteiger charge is -2.33. The van der Waals surface area contributed by atoms with Gasteiger partial charge in [-0.15, -0.1) is 11.3 Å². The first-order chi connectivity index (χ1) is 16.3. The summed E-state index contributed by atoms with van der Waals surface area (Å²) in [5, 5.41) is 3.52. The van der Waals surface area contributed by atoms with Crippen molar-refractivity contribution in [2.24, 2.45) is 0 Å². The Bertz CT molecular complexity index is 1150. The normalized spacial score (nSPS) is 17.2. The summed E-state index contributed by atoms with van der Waals surface area (Å²) >= 11 is 1.48. The van der Waals surface area contributed by atoms with E-state index >= 15 is 0 Å². The number of aryl methyl sites for hydroxylation is 1. The van der Waals surface area contributed by atoms with E-state index in [0.29, 0.717) is 55.5 Å². The fourth-order valence-electron chi connectivity index (χ4n) is 4.49. The Morgan fingerprint density at radius 1 is 1.06 bits per heavy atom. The molecule has 0 spiro atoms. The summed E-state index contributed by atoms with van der Waals surface area (Å²) < 4.78 is 30.1. The van der Waals surface area contributed by atoms with Gasteiger partial charge in [-0.1, -0.05) is 12.1 Å². The standard InChI is InChI=1S/C24H31N3O5S2/c1-3-32-24(29)21-19-6-4-5-7-20(19)33-23(21)25-22(28)18-10-8-17(9-11-18)16-26-12-14-27(15-13-26)34(2,30)31/h8-11H,3-7,12-16H2,1-2H3,(H,25,28). The van der Waals surface area contributed by atoms with E-state index in [1.165, 1.54) is 21.9 Å². The third kappa shape index (κ3) is 5.68. The number of ether oxygens (including phenoxy) is 1. The van der Waals surface area contributed by atoms with Gasteiger partial charge in [-0.05, 0) is 55.9 Å². The molecule has 1 fully saturated rings. The topological polar surface area (TPSA) is 96.0 Å². The molecule has 0 unspecified atom stereocenters. The van der Waals surface area contributed by atoms with E-state index in [-0.39, 0.29) is 11.9 Å². The van der Waals surface area contributed by atoms with Gasteiger partial charge in [0.1, 0.15) is 5.00 Å². The van der Waals surface area contributed by atoms with Crippen LogP contribution in [0, 0.1) is 0 Å². The lowest BCUT2D eigenvalue weighted by molar-refractivity contribution is 0.0526. The molecule has 2 aliphatic rings. The van der Waals surface area contributed by atoms with Crippen LogP contribution in [0.15, 0.2) is 24.3 Å². The zero-order valence-electron chi connectivity index (χ0n) is 19.6. The number of hydrogen-bond donors (Lipinski definition) is 1. The molecule has 184 valence electrons. The Hall–Kier alpha value is -2.27. The number of nitrogens with one attached hydrogen (secondary N) is 1. The van der Waals surface area contributed by atoms with E-state index in [0.717, 1.165) is 41.7 Å². The summed E-state index contributed by atoms with van der Waals surface area (Å²) in [4.78, 5) is 28.9. The van der Waals surface area contributed by atoms with Crippen LogP contribution < -0.4 is 5.32 Å². The average Bonchev–Trinajstić information content (AvgIpc) is 3.17. The van der Waals surface area contributed by atoms with Gasteiger partial charge in [-0.3, -0.25) is 9.69 Å². The predicted molar refractivity (Wildman–Crippen MR) is 133 cm³/mol. The van der Waals surface area contributed by atoms with Gasteiger partial charge in [0.15, 0.2) is 0 Å². The maximum Gasteiger partial charge on any atom is 0.341 e. The quantitative estimate of drug-likeness (QED) is 0.581. The fraction of sp³-hybridized carbons (Fsp3) is 0.500. The van der Waals surface area contributed by atoms with Crippen molar-refractivity contribution in [1.29, 1.82) is 0 Å². The third-order valence-corrected chi connectivity index (χ3v) is 8.81. The van der Waals surface area contributed by atoms with E-state index in [1.807, 2.05) is 12.1 Å². The van der Waals surface area contributed by atoms with E-state index in [9.17, 15) is 18.0 Å². The number of amides is 1. The molecule has 2 heterocycles. The Morgan fingerprint density at radius 2 is 1.74 bits per heavy atom. The molecule has 34 heavy (non-hydrogen) atoms. The smallest absolute Gasteiger partial charge is 0.341 e. The summed E-state index contributed by atoms with van der Waals surface area (Å²) in [7, 11) is -3.14. The molecule has 1 aromatic heterocycles. The summed E-state index contributed by atoms with van der Waals surface area (Å²) in [6.45, 7) is 5.11. The molecule has 1 aliphatic carbocycles. The maximum atomic E-state index is 13.0. The van der Waals surface area contributed by atoms with Gasteiger partial charge in [-0.25, -0.2) is 13.2 Å². The highest BCUT2D eigenvalue weighted by Crippen LogP contribution is 2.38.